The zero-order valence-electron chi connectivity index (χ0n) is 12.7. The van der Waals surface area contributed by atoms with E-state index in [9.17, 15) is 9.59 Å². The molecule has 0 atom stereocenters. The molecule has 3 heterocycles. The van der Waals surface area contributed by atoms with Gasteiger partial charge in [0.25, 0.3) is 11.8 Å². The molecule has 2 N–H and O–H groups in total. The summed E-state index contributed by atoms with van der Waals surface area (Å²) in [5, 5.41) is 12.1. The lowest BCUT2D eigenvalue weighted by Gasteiger charge is -1.97. The Morgan fingerprint density at radius 3 is 2.58 bits per heavy atom. The molecule has 3 aromatic rings. The van der Waals surface area contributed by atoms with E-state index in [0.29, 0.717) is 11.6 Å². The van der Waals surface area contributed by atoms with Crippen molar-refractivity contribution in [3.8, 4) is 0 Å². The van der Waals surface area contributed by atoms with Gasteiger partial charge in [0.2, 0.25) is 5.89 Å². The second-order valence-corrected chi connectivity index (χ2v) is 4.73. The van der Waals surface area contributed by atoms with Crippen molar-refractivity contribution in [3.05, 3.63) is 41.2 Å². The summed E-state index contributed by atoms with van der Waals surface area (Å²) < 4.78 is 14.7. The van der Waals surface area contributed by atoms with Crippen LogP contribution in [0.4, 0.5) is 6.01 Å². The monoisotopic (exact) mass is 332 g/mol. The molecule has 0 aliphatic carbocycles. The number of amides is 2. The molecule has 0 aliphatic heterocycles. The average Bonchev–Trinajstić information content (AvgIpc) is 3.26. The zero-order valence-corrected chi connectivity index (χ0v) is 12.7. The van der Waals surface area contributed by atoms with Crippen molar-refractivity contribution in [2.45, 2.75) is 20.4 Å². The molecule has 0 aromatic carbocycles. The van der Waals surface area contributed by atoms with Crippen molar-refractivity contribution in [2.24, 2.45) is 0 Å². The van der Waals surface area contributed by atoms with E-state index in [1.165, 1.54) is 6.07 Å². The highest BCUT2D eigenvalue weighted by molar-refractivity contribution is 6.02. The number of carbonyl (C=O) groups is 2. The second kappa shape index (κ2) is 6.32. The van der Waals surface area contributed by atoms with Crippen LogP contribution in [0, 0.1) is 13.8 Å². The van der Waals surface area contributed by atoms with Crippen LogP contribution >= 0.6 is 0 Å². The number of nitrogens with one attached hydrogen (secondary N) is 2. The van der Waals surface area contributed by atoms with Crippen LogP contribution in [0.15, 0.2) is 25.8 Å². The number of anilines is 1. The molecular weight excluding hydrogens is 320 g/mol. The highest BCUT2D eigenvalue weighted by atomic mass is 16.5. The van der Waals surface area contributed by atoms with E-state index in [0.717, 1.165) is 6.26 Å². The number of aryl methyl sites for hydroxylation is 2. The summed E-state index contributed by atoms with van der Waals surface area (Å²) in [6.07, 6.45) is 1.11. The van der Waals surface area contributed by atoms with Crippen LogP contribution in [-0.4, -0.2) is 32.1 Å². The van der Waals surface area contributed by atoms with E-state index in [4.69, 9.17) is 13.5 Å². The van der Waals surface area contributed by atoms with Gasteiger partial charge in [0.1, 0.15) is 12.0 Å². The maximum Gasteiger partial charge on any atom is 0.302 e. The fraction of sp³-hybridized carbons (Fsp3) is 0.231. The van der Waals surface area contributed by atoms with E-state index in [2.05, 4.69) is 30.9 Å². The summed E-state index contributed by atoms with van der Waals surface area (Å²) in [4.78, 5) is 31.6. The summed E-state index contributed by atoms with van der Waals surface area (Å²) >= 11 is 0. The lowest BCUT2D eigenvalue weighted by molar-refractivity contribution is 0.0940. The van der Waals surface area contributed by atoms with Gasteiger partial charge < -0.3 is 18.8 Å². The number of aromatic nitrogens is 4. The third-order valence-corrected chi connectivity index (χ3v) is 2.79. The van der Waals surface area contributed by atoms with Gasteiger partial charge in [-0.1, -0.05) is 10.3 Å². The van der Waals surface area contributed by atoms with Gasteiger partial charge in [-0.2, -0.15) is 9.97 Å². The standard InChI is InChI=1S/C13H12N6O5/c1-6-3-8(19-23-6)12(21)17-13-16-9(5-22-13)11(20)14-4-10-15-7(2)18-24-10/h3,5H,4H2,1-2H3,(H,14,20)(H,16,17,21). The summed E-state index contributed by atoms with van der Waals surface area (Å²) in [5.74, 6) is 0.131. The molecule has 0 fully saturated rings. The molecule has 0 radical (unpaired) electrons. The highest BCUT2D eigenvalue weighted by Crippen LogP contribution is 2.10. The molecule has 3 aromatic heterocycles. The first kappa shape index (κ1) is 15.4. The Hall–Kier alpha value is -3.50. The Balaban J connectivity index is 1.58. The number of nitrogens with zero attached hydrogens (tertiary/aromatic N) is 4. The van der Waals surface area contributed by atoms with Gasteiger partial charge in [-0.3, -0.25) is 14.9 Å². The van der Waals surface area contributed by atoms with Gasteiger partial charge in [0, 0.05) is 6.07 Å². The van der Waals surface area contributed by atoms with Crippen LogP contribution in [0.3, 0.4) is 0 Å². The van der Waals surface area contributed by atoms with Gasteiger partial charge >= 0.3 is 6.01 Å². The smallest absolute Gasteiger partial charge is 0.302 e. The Bertz CT molecular complexity index is 879. The van der Waals surface area contributed by atoms with Crippen LogP contribution in [0.5, 0.6) is 0 Å². The molecular formula is C13H12N6O5. The maximum atomic E-state index is 11.9. The van der Waals surface area contributed by atoms with Crippen LogP contribution < -0.4 is 10.6 Å². The van der Waals surface area contributed by atoms with E-state index in [1.54, 1.807) is 13.8 Å². The van der Waals surface area contributed by atoms with Gasteiger partial charge in [0.15, 0.2) is 17.2 Å². The Morgan fingerprint density at radius 1 is 1.08 bits per heavy atom. The third kappa shape index (κ3) is 3.45. The predicted octanol–water partition coefficient (Wildman–Crippen LogP) is 0.845. The maximum absolute atomic E-state index is 11.9. The topological polar surface area (TPSA) is 149 Å². The van der Waals surface area contributed by atoms with Gasteiger partial charge in [-0.15, -0.1) is 0 Å². The Morgan fingerprint density at radius 2 is 1.92 bits per heavy atom. The van der Waals surface area contributed by atoms with Crippen molar-refractivity contribution in [1.82, 2.24) is 25.6 Å². The summed E-state index contributed by atoms with van der Waals surface area (Å²) in [6.45, 7) is 3.37. The minimum absolute atomic E-state index is 0.0159. The number of rotatable bonds is 5. The van der Waals surface area contributed by atoms with Crippen LogP contribution in [-0.2, 0) is 6.54 Å². The predicted molar refractivity (Wildman–Crippen MR) is 75.9 cm³/mol. The first-order chi connectivity index (χ1) is 11.5. The first-order valence-corrected chi connectivity index (χ1v) is 6.79. The van der Waals surface area contributed by atoms with Crippen LogP contribution in [0.25, 0.3) is 0 Å². The molecule has 0 unspecified atom stereocenters. The van der Waals surface area contributed by atoms with Crippen molar-refractivity contribution >= 4 is 17.8 Å². The quantitative estimate of drug-likeness (QED) is 0.693. The molecule has 3 rings (SSSR count). The first-order valence-electron chi connectivity index (χ1n) is 6.79. The van der Waals surface area contributed by atoms with Crippen LogP contribution in [0.1, 0.15) is 38.5 Å². The molecule has 11 heteroatoms. The van der Waals surface area contributed by atoms with Crippen molar-refractivity contribution in [2.75, 3.05) is 5.32 Å². The Labute approximate surface area is 134 Å². The average molecular weight is 332 g/mol. The van der Waals surface area contributed by atoms with Gasteiger partial charge in [-0.05, 0) is 13.8 Å². The largest absolute Gasteiger partial charge is 0.431 e. The molecule has 0 saturated heterocycles. The van der Waals surface area contributed by atoms with E-state index >= 15 is 0 Å². The number of hydrogen-bond acceptors (Lipinski definition) is 9. The summed E-state index contributed by atoms with van der Waals surface area (Å²) in [7, 11) is 0. The molecule has 0 bridgehead atoms. The minimum Gasteiger partial charge on any atom is -0.431 e. The van der Waals surface area contributed by atoms with E-state index < -0.39 is 11.8 Å². The van der Waals surface area contributed by atoms with E-state index in [-0.39, 0.29) is 29.8 Å². The van der Waals surface area contributed by atoms with Crippen molar-refractivity contribution < 1.29 is 23.1 Å². The van der Waals surface area contributed by atoms with Crippen molar-refractivity contribution in [3.63, 3.8) is 0 Å². The number of carbonyl (C=O) groups excluding carboxylic acids is 2. The van der Waals surface area contributed by atoms with Gasteiger partial charge in [-0.25, -0.2) is 0 Å². The molecule has 2 amide bonds. The van der Waals surface area contributed by atoms with Gasteiger partial charge in [0.05, 0.1) is 6.54 Å². The zero-order chi connectivity index (χ0) is 17.1. The second-order valence-electron chi connectivity index (χ2n) is 4.73. The number of oxazole rings is 1. The molecule has 0 saturated carbocycles. The lowest BCUT2D eigenvalue weighted by atomic mass is 10.3. The summed E-state index contributed by atoms with van der Waals surface area (Å²) in [6, 6.07) is 1.32. The lowest BCUT2D eigenvalue weighted by Crippen LogP contribution is -2.23. The van der Waals surface area contributed by atoms with Crippen molar-refractivity contribution in [1.29, 1.82) is 0 Å². The molecule has 124 valence electrons. The molecule has 0 spiro atoms. The SMILES string of the molecule is Cc1noc(CNC(=O)c2coc(NC(=O)c3cc(C)on3)n2)n1. The van der Waals surface area contributed by atoms with Crippen LogP contribution in [0.2, 0.25) is 0 Å². The molecule has 0 aliphatic rings. The Kier molecular flexibility index (Phi) is 4.05. The minimum atomic E-state index is -0.568. The molecule has 24 heavy (non-hydrogen) atoms. The third-order valence-electron chi connectivity index (χ3n) is 2.79. The highest BCUT2D eigenvalue weighted by Gasteiger charge is 2.17. The number of hydrogen-bond donors (Lipinski definition) is 2. The fourth-order valence-corrected chi connectivity index (χ4v) is 1.73. The van der Waals surface area contributed by atoms with E-state index in [1.807, 2.05) is 0 Å². The fourth-order valence-electron chi connectivity index (χ4n) is 1.73. The normalized spacial score (nSPS) is 10.6. The molecule has 11 nitrogen and oxygen atoms in total. The summed E-state index contributed by atoms with van der Waals surface area (Å²) in [5.41, 5.74) is 0.0568.